The van der Waals surface area contributed by atoms with Crippen molar-refractivity contribution in [2.24, 2.45) is 0 Å². The Hall–Kier alpha value is -0.650. The molecule has 2 heterocycles. The van der Waals surface area contributed by atoms with Crippen LogP contribution in [0, 0.1) is 0 Å². The van der Waals surface area contributed by atoms with E-state index in [4.69, 9.17) is 0 Å². The van der Waals surface area contributed by atoms with Crippen LogP contribution in [0.2, 0.25) is 0 Å². The zero-order valence-corrected chi connectivity index (χ0v) is 14.2. The lowest BCUT2D eigenvalue weighted by Gasteiger charge is -2.33. The molecule has 2 aliphatic rings. The second kappa shape index (κ2) is 6.23. The molecular weight excluding hydrogens is 300 g/mol. The van der Waals surface area contributed by atoms with Crippen molar-refractivity contribution in [3.05, 3.63) is 29.8 Å². The molecule has 0 bridgehead atoms. The standard InChI is InChI=1S/C16H22N2OS2/c1-16(8-3-9-21-16)11-18-14(19)10-17-15(18)12-4-6-13(20-2)7-5-12/h4-7,15,17H,3,8-11H2,1-2H3. The fourth-order valence-corrected chi connectivity index (χ4v) is 4.83. The average Bonchev–Trinajstić information content (AvgIpc) is 3.07. The lowest BCUT2D eigenvalue weighted by molar-refractivity contribution is -0.128. The molecule has 0 aromatic heterocycles. The summed E-state index contributed by atoms with van der Waals surface area (Å²) in [6.07, 6.45) is 4.59. The van der Waals surface area contributed by atoms with Gasteiger partial charge in [-0.05, 0) is 49.5 Å². The highest BCUT2D eigenvalue weighted by Gasteiger charge is 2.39. The topological polar surface area (TPSA) is 32.3 Å². The molecule has 1 aromatic rings. The van der Waals surface area contributed by atoms with Crippen molar-refractivity contribution >= 4 is 29.4 Å². The Morgan fingerprint density at radius 2 is 2.19 bits per heavy atom. The van der Waals surface area contributed by atoms with Crippen molar-refractivity contribution in [1.29, 1.82) is 0 Å². The number of rotatable bonds is 4. The molecule has 0 radical (unpaired) electrons. The smallest absolute Gasteiger partial charge is 0.238 e. The molecule has 114 valence electrons. The molecule has 2 unspecified atom stereocenters. The van der Waals surface area contributed by atoms with E-state index >= 15 is 0 Å². The second-order valence-corrected chi connectivity index (χ2v) is 8.54. The third-order valence-electron chi connectivity index (χ3n) is 4.32. The summed E-state index contributed by atoms with van der Waals surface area (Å²) in [5.41, 5.74) is 1.19. The summed E-state index contributed by atoms with van der Waals surface area (Å²) in [5, 5.41) is 3.36. The molecule has 1 aromatic carbocycles. The Kier molecular flexibility index (Phi) is 4.52. The lowest BCUT2D eigenvalue weighted by Crippen LogP contribution is -2.40. The minimum Gasteiger partial charge on any atom is -0.320 e. The predicted molar refractivity (Wildman–Crippen MR) is 90.8 cm³/mol. The Morgan fingerprint density at radius 3 is 2.81 bits per heavy atom. The van der Waals surface area contributed by atoms with Crippen LogP contribution in [0.25, 0.3) is 0 Å². The van der Waals surface area contributed by atoms with E-state index in [0.717, 1.165) is 6.54 Å². The zero-order valence-electron chi connectivity index (χ0n) is 12.6. The van der Waals surface area contributed by atoms with Crippen LogP contribution in [0.3, 0.4) is 0 Å². The van der Waals surface area contributed by atoms with E-state index in [0.29, 0.717) is 6.54 Å². The van der Waals surface area contributed by atoms with Crippen molar-refractivity contribution in [3.63, 3.8) is 0 Å². The van der Waals surface area contributed by atoms with Crippen LogP contribution in [0.1, 0.15) is 31.5 Å². The maximum Gasteiger partial charge on any atom is 0.238 e. The number of hydrogen-bond acceptors (Lipinski definition) is 4. The van der Waals surface area contributed by atoms with E-state index in [1.54, 1.807) is 11.8 Å². The van der Waals surface area contributed by atoms with Gasteiger partial charge in [-0.2, -0.15) is 11.8 Å². The molecule has 3 nitrogen and oxygen atoms in total. The fraction of sp³-hybridized carbons (Fsp3) is 0.562. The third kappa shape index (κ3) is 3.25. The van der Waals surface area contributed by atoms with Crippen molar-refractivity contribution in [2.45, 2.75) is 35.6 Å². The number of thioether (sulfide) groups is 2. The normalized spacial score (nSPS) is 29.3. The van der Waals surface area contributed by atoms with Gasteiger partial charge < -0.3 is 4.90 Å². The summed E-state index contributed by atoms with van der Waals surface area (Å²) in [6.45, 7) is 3.60. The highest BCUT2D eigenvalue weighted by Crippen LogP contribution is 2.40. The van der Waals surface area contributed by atoms with Gasteiger partial charge in [-0.15, -0.1) is 11.8 Å². The SMILES string of the molecule is CSc1ccc(C2NCC(=O)N2CC2(C)CCCS2)cc1. The van der Waals surface area contributed by atoms with Gasteiger partial charge in [-0.1, -0.05) is 12.1 Å². The highest BCUT2D eigenvalue weighted by molar-refractivity contribution is 8.00. The molecule has 1 amide bonds. The van der Waals surface area contributed by atoms with Crippen LogP contribution in [0.15, 0.2) is 29.2 Å². The van der Waals surface area contributed by atoms with Crippen LogP contribution in [0.5, 0.6) is 0 Å². The molecule has 5 heteroatoms. The number of amides is 1. The summed E-state index contributed by atoms with van der Waals surface area (Å²) in [7, 11) is 0. The summed E-state index contributed by atoms with van der Waals surface area (Å²) < 4.78 is 0.221. The zero-order chi connectivity index (χ0) is 14.9. The Balaban J connectivity index is 1.78. The fourth-order valence-electron chi connectivity index (χ4n) is 3.13. The Bertz CT molecular complexity index is 512. The number of carbonyl (C=O) groups is 1. The highest BCUT2D eigenvalue weighted by atomic mass is 32.2. The van der Waals surface area contributed by atoms with Crippen molar-refractivity contribution in [3.8, 4) is 0 Å². The quantitative estimate of drug-likeness (QED) is 0.863. The molecular formula is C16H22N2OS2. The van der Waals surface area contributed by atoms with Crippen molar-refractivity contribution < 1.29 is 4.79 Å². The molecule has 3 rings (SSSR count). The number of carbonyl (C=O) groups excluding carboxylic acids is 1. The van der Waals surface area contributed by atoms with E-state index in [1.807, 2.05) is 16.7 Å². The molecule has 2 saturated heterocycles. The van der Waals surface area contributed by atoms with Crippen molar-refractivity contribution in [1.82, 2.24) is 10.2 Å². The van der Waals surface area contributed by atoms with E-state index in [1.165, 1.54) is 29.1 Å². The molecule has 0 aliphatic carbocycles. The molecule has 1 N–H and O–H groups in total. The monoisotopic (exact) mass is 322 g/mol. The first kappa shape index (κ1) is 15.3. The minimum absolute atomic E-state index is 0.0337. The van der Waals surface area contributed by atoms with E-state index in [-0.39, 0.29) is 16.8 Å². The first-order valence-corrected chi connectivity index (χ1v) is 9.63. The summed E-state index contributed by atoms with van der Waals surface area (Å²) in [6, 6.07) is 8.54. The first-order chi connectivity index (χ1) is 10.1. The van der Waals surface area contributed by atoms with Gasteiger partial charge in [-0.25, -0.2) is 0 Å². The van der Waals surface area contributed by atoms with Crippen LogP contribution in [0.4, 0.5) is 0 Å². The molecule has 0 saturated carbocycles. The summed E-state index contributed by atoms with van der Waals surface area (Å²) in [4.78, 5) is 15.6. The van der Waals surface area contributed by atoms with E-state index in [2.05, 4.69) is 42.8 Å². The largest absolute Gasteiger partial charge is 0.320 e. The molecule has 2 atom stereocenters. The minimum atomic E-state index is 0.0337. The molecule has 0 spiro atoms. The third-order valence-corrected chi connectivity index (χ3v) is 6.58. The number of hydrogen-bond donors (Lipinski definition) is 1. The van der Waals surface area contributed by atoms with Gasteiger partial charge in [0.2, 0.25) is 5.91 Å². The van der Waals surface area contributed by atoms with Gasteiger partial charge >= 0.3 is 0 Å². The van der Waals surface area contributed by atoms with Crippen LogP contribution in [-0.2, 0) is 4.79 Å². The van der Waals surface area contributed by atoms with Crippen molar-refractivity contribution in [2.75, 3.05) is 25.1 Å². The molecule has 2 aliphatic heterocycles. The van der Waals surface area contributed by atoms with E-state index in [9.17, 15) is 4.79 Å². The van der Waals surface area contributed by atoms with Gasteiger partial charge in [0, 0.05) is 16.2 Å². The van der Waals surface area contributed by atoms with Crippen LogP contribution in [-0.4, -0.2) is 40.7 Å². The second-order valence-electron chi connectivity index (χ2n) is 5.98. The van der Waals surface area contributed by atoms with Gasteiger partial charge in [-0.3, -0.25) is 10.1 Å². The first-order valence-electron chi connectivity index (χ1n) is 7.42. The molecule has 21 heavy (non-hydrogen) atoms. The Labute approximate surface area is 135 Å². The van der Waals surface area contributed by atoms with Crippen LogP contribution >= 0.6 is 23.5 Å². The average molecular weight is 322 g/mol. The predicted octanol–water partition coefficient (Wildman–Crippen LogP) is 3.12. The van der Waals surface area contributed by atoms with Gasteiger partial charge in [0.15, 0.2) is 0 Å². The van der Waals surface area contributed by atoms with Gasteiger partial charge in [0.05, 0.1) is 6.54 Å². The molecule has 2 fully saturated rings. The van der Waals surface area contributed by atoms with Gasteiger partial charge in [0.25, 0.3) is 0 Å². The number of nitrogens with zero attached hydrogens (tertiary/aromatic N) is 1. The van der Waals surface area contributed by atoms with E-state index < -0.39 is 0 Å². The number of benzene rings is 1. The lowest BCUT2D eigenvalue weighted by atomic mass is 10.0. The maximum atomic E-state index is 12.3. The summed E-state index contributed by atoms with van der Waals surface area (Å²) >= 11 is 3.75. The maximum absolute atomic E-state index is 12.3. The Morgan fingerprint density at radius 1 is 1.43 bits per heavy atom. The van der Waals surface area contributed by atoms with Crippen LogP contribution < -0.4 is 5.32 Å². The van der Waals surface area contributed by atoms with Gasteiger partial charge in [0.1, 0.15) is 6.17 Å². The summed E-state index contributed by atoms with van der Waals surface area (Å²) in [5.74, 6) is 1.45. The number of nitrogens with one attached hydrogen (secondary N) is 1.